The number of rotatable bonds is 3. The van der Waals surface area contributed by atoms with Crippen LogP contribution in [0.3, 0.4) is 0 Å². The summed E-state index contributed by atoms with van der Waals surface area (Å²) in [4.78, 5) is 0. The quantitative estimate of drug-likeness (QED) is 0.167. The Morgan fingerprint density at radius 3 is 1.56 bits per heavy atom. The molecule has 0 amide bonds. The van der Waals surface area contributed by atoms with Gasteiger partial charge in [-0.15, -0.1) is 11.3 Å². The largest absolute Gasteiger partial charge is 0.455 e. The van der Waals surface area contributed by atoms with Crippen LogP contribution in [0, 0.1) is 0 Å². The molecule has 0 saturated heterocycles. The van der Waals surface area contributed by atoms with Gasteiger partial charge in [0, 0.05) is 36.5 Å². The van der Waals surface area contributed by atoms with E-state index in [2.05, 4.69) is 182 Å². The van der Waals surface area contributed by atoms with Crippen molar-refractivity contribution < 1.29 is 4.42 Å². The lowest BCUT2D eigenvalue weighted by Crippen LogP contribution is -1.91. The second-order valence-electron chi connectivity index (χ2n) is 14.4. The van der Waals surface area contributed by atoms with Crippen LogP contribution >= 0.6 is 11.3 Å². The Kier molecular flexibility index (Phi) is 6.28. The molecule has 0 spiro atoms. The fraction of sp³-hybridized carbons (Fsp3) is 0. The van der Waals surface area contributed by atoms with Gasteiger partial charge in [0.25, 0.3) is 0 Å². The number of thiophene rings is 1. The fourth-order valence-electron chi connectivity index (χ4n) is 8.98. The predicted octanol–water partition coefficient (Wildman–Crippen LogP) is 15.6. The number of hydrogen-bond donors (Lipinski definition) is 0. The van der Waals surface area contributed by atoms with Crippen LogP contribution in [0.25, 0.3) is 119 Å². The normalized spacial score (nSPS) is 12.1. The number of para-hydroxylation sites is 1. The molecule has 0 radical (unpaired) electrons. The first-order valence-corrected chi connectivity index (χ1v) is 19.3. The molecule has 10 aromatic carbocycles. The van der Waals surface area contributed by atoms with Crippen molar-refractivity contribution in [2.24, 2.45) is 0 Å². The van der Waals surface area contributed by atoms with E-state index in [1.165, 1.54) is 91.1 Å². The SMILES string of the molecule is c1ccc2cc3c(cc2c1)oc1c(-c2ccc4c(c2)sc2cc(-c5c6ccccc6c(-c6cccc7ccccc67)c6ccccc56)ccc24)cccc13. The van der Waals surface area contributed by atoms with E-state index in [0.717, 1.165) is 27.5 Å². The highest BCUT2D eigenvalue weighted by Gasteiger charge is 2.19. The Bertz CT molecular complexity index is 3450. The summed E-state index contributed by atoms with van der Waals surface area (Å²) in [5.41, 5.74) is 9.26. The molecule has 0 saturated carbocycles. The van der Waals surface area contributed by atoms with Crippen LogP contribution in [-0.2, 0) is 0 Å². The van der Waals surface area contributed by atoms with Crippen LogP contribution < -0.4 is 0 Å². The molecule has 2 heterocycles. The summed E-state index contributed by atoms with van der Waals surface area (Å²) in [6, 6.07) is 66.7. The van der Waals surface area contributed by atoms with Gasteiger partial charge in [-0.1, -0.05) is 158 Å². The Balaban J connectivity index is 1.04. The topological polar surface area (TPSA) is 13.1 Å². The van der Waals surface area contributed by atoms with E-state index >= 15 is 0 Å². The molecule has 0 aliphatic heterocycles. The van der Waals surface area contributed by atoms with Crippen LogP contribution in [0.2, 0.25) is 0 Å². The molecule has 0 atom stereocenters. The van der Waals surface area contributed by atoms with Crippen molar-refractivity contribution in [2.75, 3.05) is 0 Å². The first kappa shape index (κ1) is 29.8. The van der Waals surface area contributed by atoms with E-state index < -0.39 is 0 Å². The van der Waals surface area contributed by atoms with Crippen LogP contribution in [-0.4, -0.2) is 0 Å². The molecule has 0 fully saturated rings. The molecule has 0 N–H and O–H groups in total. The maximum Gasteiger partial charge on any atom is 0.143 e. The lowest BCUT2D eigenvalue weighted by atomic mass is 9.84. The molecule has 0 bridgehead atoms. The van der Waals surface area contributed by atoms with E-state index in [-0.39, 0.29) is 0 Å². The standard InChI is InChI=1S/C52H30OS/c1-2-13-33-28-47-46(27-32(33)12-1)45-22-10-20-37(52(45)53-47)34-23-25-38-39-26-24-35(30-49(39)54-48(38)29-34)50-41-16-5-7-18-43(41)51(44-19-8-6-17-42(44)50)40-21-9-14-31-11-3-4-15-36(31)40/h1-30H. The minimum atomic E-state index is 0.928. The molecule has 250 valence electrons. The molecular weight excluding hydrogens is 673 g/mol. The van der Waals surface area contributed by atoms with Gasteiger partial charge in [-0.05, 0) is 95.2 Å². The number of benzene rings is 10. The summed E-state index contributed by atoms with van der Waals surface area (Å²) in [5.74, 6) is 0. The molecule has 54 heavy (non-hydrogen) atoms. The zero-order valence-corrected chi connectivity index (χ0v) is 30.0. The third kappa shape index (κ3) is 4.32. The lowest BCUT2D eigenvalue weighted by molar-refractivity contribution is 0.670. The summed E-state index contributed by atoms with van der Waals surface area (Å²) in [5, 5.41) is 14.9. The van der Waals surface area contributed by atoms with Crippen molar-refractivity contribution in [3.05, 3.63) is 182 Å². The van der Waals surface area contributed by atoms with Crippen molar-refractivity contribution in [2.45, 2.75) is 0 Å². The smallest absolute Gasteiger partial charge is 0.143 e. The fourth-order valence-corrected chi connectivity index (χ4v) is 10.2. The number of furan rings is 1. The highest BCUT2D eigenvalue weighted by molar-refractivity contribution is 7.25. The highest BCUT2D eigenvalue weighted by Crippen LogP contribution is 2.47. The Labute approximate surface area is 314 Å². The summed E-state index contributed by atoms with van der Waals surface area (Å²) in [7, 11) is 0. The molecule has 2 heteroatoms. The summed E-state index contributed by atoms with van der Waals surface area (Å²) in [6.07, 6.45) is 0. The van der Waals surface area contributed by atoms with Gasteiger partial charge in [0.2, 0.25) is 0 Å². The van der Waals surface area contributed by atoms with E-state index in [1.807, 2.05) is 11.3 Å². The van der Waals surface area contributed by atoms with E-state index in [4.69, 9.17) is 4.42 Å². The van der Waals surface area contributed by atoms with Crippen molar-refractivity contribution in [1.29, 1.82) is 0 Å². The van der Waals surface area contributed by atoms with Crippen molar-refractivity contribution in [3.63, 3.8) is 0 Å². The van der Waals surface area contributed by atoms with E-state index in [1.54, 1.807) is 0 Å². The van der Waals surface area contributed by atoms with E-state index in [9.17, 15) is 0 Å². The lowest BCUT2D eigenvalue weighted by Gasteiger charge is -2.18. The maximum atomic E-state index is 6.61. The van der Waals surface area contributed by atoms with Crippen LogP contribution in [0.1, 0.15) is 0 Å². The van der Waals surface area contributed by atoms with Gasteiger partial charge in [0.1, 0.15) is 11.2 Å². The minimum Gasteiger partial charge on any atom is -0.455 e. The van der Waals surface area contributed by atoms with Crippen LogP contribution in [0.5, 0.6) is 0 Å². The van der Waals surface area contributed by atoms with Gasteiger partial charge in [-0.2, -0.15) is 0 Å². The van der Waals surface area contributed by atoms with Crippen molar-refractivity contribution >= 4 is 96.5 Å². The average Bonchev–Trinajstić information content (AvgIpc) is 3.78. The summed E-state index contributed by atoms with van der Waals surface area (Å²) >= 11 is 1.87. The third-order valence-corrected chi connectivity index (χ3v) is 12.5. The van der Waals surface area contributed by atoms with Gasteiger partial charge in [-0.3, -0.25) is 0 Å². The maximum absolute atomic E-state index is 6.61. The molecule has 12 aromatic rings. The highest BCUT2D eigenvalue weighted by atomic mass is 32.1. The van der Waals surface area contributed by atoms with Gasteiger partial charge in [0.15, 0.2) is 0 Å². The van der Waals surface area contributed by atoms with Gasteiger partial charge in [0.05, 0.1) is 0 Å². The molecule has 0 aliphatic rings. The monoisotopic (exact) mass is 702 g/mol. The molecule has 0 unspecified atom stereocenters. The zero-order valence-electron chi connectivity index (χ0n) is 29.1. The summed E-state index contributed by atoms with van der Waals surface area (Å²) in [6.45, 7) is 0. The molecule has 12 rings (SSSR count). The van der Waals surface area contributed by atoms with Crippen molar-refractivity contribution in [3.8, 4) is 33.4 Å². The van der Waals surface area contributed by atoms with Crippen LogP contribution in [0.15, 0.2) is 186 Å². The second-order valence-corrected chi connectivity index (χ2v) is 15.5. The van der Waals surface area contributed by atoms with Crippen LogP contribution in [0.4, 0.5) is 0 Å². The van der Waals surface area contributed by atoms with E-state index in [0.29, 0.717) is 0 Å². The van der Waals surface area contributed by atoms with Gasteiger partial charge in [-0.25, -0.2) is 0 Å². The van der Waals surface area contributed by atoms with Gasteiger partial charge < -0.3 is 4.42 Å². The third-order valence-electron chi connectivity index (χ3n) is 11.4. The van der Waals surface area contributed by atoms with Gasteiger partial charge >= 0.3 is 0 Å². The first-order chi connectivity index (χ1) is 26.8. The Hall–Kier alpha value is -6.74. The Morgan fingerprint density at radius 1 is 0.315 bits per heavy atom. The molecule has 0 aliphatic carbocycles. The molecule has 2 aromatic heterocycles. The zero-order chi connectivity index (χ0) is 35.3. The Morgan fingerprint density at radius 2 is 0.833 bits per heavy atom. The predicted molar refractivity (Wildman–Crippen MR) is 233 cm³/mol. The van der Waals surface area contributed by atoms with Crippen molar-refractivity contribution in [1.82, 2.24) is 0 Å². The molecule has 1 nitrogen and oxygen atoms in total. The second kappa shape index (κ2) is 11.4. The number of hydrogen-bond acceptors (Lipinski definition) is 2. The summed E-state index contributed by atoms with van der Waals surface area (Å²) < 4.78 is 9.18. The number of fused-ring (bicyclic) bond motifs is 10. The average molecular weight is 703 g/mol. The first-order valence-electron chi connectivity index (χ1n) is 18.5. The molecular formula is C52H30OS. The minimum absolute atomic E-state index is 0.928.